The first kappa shape index (κ1) is 19.5. The third-order valence-electron chi connectivity index (χ3n) is 3.86. The van der Waals surface area contributed by atoms with E-state index in [9.17, 15) is 14.9 Å². The van der Waals surface area contributed by atoms with E-state index in [1.165, 1.54) is 11.8 Å². The van der Waals surface area contributed by atoms with Gasteiger partial charge in [-0.15, -0.1) is 0 Å². The lowest BCUT2D eigenvalue weighted by atomic mass is 10.1. The fourth-order valence-electron chi connectivity index (χ4n) is 2.46. The van der Waals surface area contributed by atoms with Crippen molar-refractivity contribution in [3.05, 3.63) is 44.6 Å². The molecule has 1 atom stereocenters. The highest BCUT2D eigenvalue weighted by Crippen LogP contribution is 2.29. The number of benzene rings is 1. The zero-order valence-electron chi connectivity index (χ0n) is 14.8. The normalized spacial score (nSPS) is 11.7. The van der Waals surface area contributed by atoms with Gasteiger partial charge in [-0.3, -0.25) is 4.79 Å². The van der Waals surface area contributed by atoms with Crippen LogP contribution in [-0.4, -0.2) is 34.8 Å². The molecular formula is C16H19ClN4O5. The number of carbonyl (C=O) groups is 1. The number of halogens is 1. The van der Waals surface area contributed by atoms with Crippen LogP contribution in [0.2, 0.25) is 5.02 Å². The fraction of sp³-hybridized carbons (Fsp3) is 0.375. The van der Waals surface area contributed by atoms with Crippen molar-refractivity contribution in [2.24, 2.45) is 0 Å². The molecule has 2 rings (SSSR count). The minimum atomic E-state index is -0.687. The number of hydrogen-bond donors (Lipinski definition) is 1. The van der Waals surface area contributed by atoms with Crippen LogP contribution < -0.4 is 14.8 Å². The number of methoxy groups -OCH3 is 2. The highest BCUT2D eigenvalue weighted by atomic mass is 35.5. The van der Waals surface area contributed by atoms with E-state index in [0.29, 0.717) is 17.2 Å². The molecule has 0 fully saturated rings. The summed E-state index contributed by atoms with van der Waals surface area (Å²) in [5, 5.41) is 17.4. The van der Waals surface area contributed by atoms with Crippen molar-refractivity contribution < 1.29 is 19.2 Å². The Morgan fingerprint density at radius 2 is 2.12 bits per heavy atom. The summed E-state index contributed by atoms with van der Waals surface area (Å²) in [6, 6.07) is 4.89. The molecule has 2 aromatic rings. The van der Waals surface area contributed by atoms with Crippen LogP contribution in [0.3, 0.4) is 0 Å². The molecule has 0 saturated carbocycles. The van der Waals surface area contributed by atoms with Crippen LogP contribution in [-0.2, 0) is 11.3 Å². The first-order valence-electron chi connectivity index (χ1n) is 7.67. The molecule has 1 heterocycles. The second-order valence-electron chi connectivity index (χ2n) is 5.53. The summed E-state index contributed by atoms with van der Waals surface area (Å²) in [6.07, 6.45) is 0. The standard InChI is InChI=1S/C16H19ClN4O5/c1-9(12-7-11(25-3)5-6-13(12)26-4)18-14(22)8-20-10(2)15(17)16(19-20)21(23)24/h5-7,9H,8H2,1-4H3,(H,18,22). The summed E-state index contributed by atoms with van der Waals surface area (Å²) in [5.41, 5.74) is 1.08. The number of aromatic nitrogens is 2. The molecule has 0 spiro atoms. The zero-order chi connectivity index (χ0) is 19.4. The molecule has 1 N–H and O–H groups in total. The molecule has 1 aromatic carbocycles. The predicted molar refractivity (Wildman–Crippen MR) is 94.7 cm³/mol. The highest BCUT2D eigenvalue weighted by molar-refractivity contribution is 6.33. The summed E-state index contributed by atoms with van der Waals surface area (Å²) < 4.78 is 11.7. The van der Waals surface area contributed by atoms with Crippen LogP contribution in [0.25, 0.3) is 0 Å². The van der Waals surface area contributed by atoms with Crippen molar-refractivity contribution in [3.63, 3.8) is 0 Å². The number of nitro groups is 1. The maximum absolute atomic E-state index is 12.3. The smallest absolute Gasteiger partial charge is 0.408 e. The number of carbonyl (C=O) groups excluding carboxylic acids is 1. The van der Waals surface area contributed by atoms with Crippen molar-refractivity contribution in [2.45, 2.75) is 26.4 Å². The Labute approximate surface area is 155 Å². The molecular weight excluding hydrogens is 364 g/mol. The maximum atomic E-state index is 12.3. The van der Waals surface area contributed by atoms with Crippen LogP contribution >= 0.6 is 11.6 Å². The molecule has 0 saturated heterocycles. The predicted octanol–water partition coefficient (Wildman–Crippen LogP) is 2.65. The number of ether oxygens (including phenoxy) is 2. The van der Waals surface area contributed by atoms with Crippen molar-refractivity contribution >= 4 is 23.3 Å². The van der Waals surface area contributed by atoms with Gasteiger partial charge < -0.3 is 24.9 Å². The van der Waals surface area contributed by atoms with E-state index < -0.39 is 10.7 Å². The molecule has 0 aliphatic rings. The van der Waals surface area contributed by atoms with E-state index in [-0.39, 0.29) is 23.5 Å². The Morgan fingerprint density at radius 1 is 1.42 bits per heavy atom. The van der Waals surface area contributed by atoms with Gasteiger partial charge in [-0.1, -0.05) is 11.6 Å². The minimum Gasteiger partial charge on any atom is -0.497 e. The molecule has 1 unspecified atom stereocenters. The van der Waals surface area contributed by atoms with E-state index in [1.807, 2.05) is 0 Å². The first-order valence-corrected chi connectivity index (χ1v) is 8.04. The number of nitrogens with one attached hydrogen (secondary N) is 1. The lowest BCUT2D eigenvalue weighted by molar-refractivity contribution is -0.389. The average Bonchev–Trinajstić information content (AvgIpc) is 2.89. The minimum absolute atomic E-state index is 0.0784. The van der Waals surface area contributed by atoms with Crippen LogP contribution in [0, 0.1) is 17.0 Å². The highest BCUT2D eigenvalue weighted by Gasteiger charge is 2.25. The third-order valence-corrected chi connectivity index (χ3v) is 4.31. The van der Waals surface area contributed by atoms with E-state index in [0.717, 1.165) is 5.56 Å². The summed E-state index contributed by atoms with van der Waals surface area (Å²) in [7, 11) is 3.08. The van der Waals surface area contributed by atoms with Crippen LogP contribution in [0.1, 0.15) is 24.2 Å². The molecule has 0 bridgehead atoms. The van der Waals surface area contributed by atoms with Gasteiger partial charge >= 0.3 is 5.82 Å². The summed E-state index contributed by atoms with van der Waals surface area (Å²) in [5.74, 6) is 0.388. The topological polar surface area (TPSA) is 109 Å². The SMILES string of the molecule is COc1ccc(OC)c(C(C)NC(=O)Cn2nc([N+](=O)[O-])c(Cl)c2C)c1. The molecule has 1 aromatic heterocycles. The first-order chi connectivity index (χ1) is 12.3. The van der Waals surface area contributed by atoms with Gasteiger partial charge in [0.25, 0.3) is 0 Å². The molecule has 0 aliphatic carbocycles. The summed E-state index contributed by atoms with van der Waals surface area (Å²) >= 11 is 5.88. The molecule has 0 radical (unpaired) electrons. The van der Waals surface area contributed by atoms with Gasteiger partial charge in [-0.05, 0) is 37.0 Å². The lowest BCUT2D eigenvalue weighted by Crippen LogP contribution is -2.31. The molecule has 140 valence electrons. The molecule has 0 aliphatic heterocycles. The Morgan fingerprint density at radius 3 is 2.65 bits per heavy atom. The molecule has 1 amide bonds. The van der Waals surface area contributed by atoms with Crippen molar-refractivity contribution in [3.8, 4) is 11.5 Å². The maximum Gasteiger partial charge on any atom is 0.408 e. The monoisotopic (exact) mass is 382 g/mol. The molecule has 26 heavy (non-hydrogen) atoms. The van der Waals surface area contributed by atoms with Gasteiger partial charge in [0.05, 0.1) is 31.1 Å². The van der Waals surface area contributed by atoms with Gasteiger partial charge in [0.15, 0.2) is 5.02 Å². The lowest BCUT2D eigenvalue weighted by Gasteiger charge is -2.18. The van der Waals surface area contributed by atoms with Crippen LogP contribution in [0.5, 0.6) is 11.5 Å². The van der Waals surface area contributed by atoms with Gasteiger partial charge in [0, 0.05) is 5.56 Å². The van der Waals surface area contributed by atoms with E-state index in [4.69, 9.17) is 21.1 Å². The Hall–Kier alpha value is -2.81. The molecule has 9 nitrogen and oxygen atoms in total. The van der Waals surface area contributed by atoms with Crippen molar-refractivity contribution in [1.29, 1.82) is 0 Å². The zero-order valence-corrected chi connectivity index (χ0v) is 15.5. The second kappa shape index (κ2) is 8.05. The number of rotatable bonds is 7. The van der Waals surface area contributed by atoms with Gasteiger partial charge in [0.2, 0.25) is 5.91 Å². The summed E-state index contributed by atoms with van der Waals surface area (Å²) in [4.78, 5) is 22.5. The van der Waals surface area contributed by atoms with Crippen LogP contribution in [0.4, 0.5) is 5.82 Å². The molecule has 10 heteroatoms. The van der Waals surface area contributed by atoms with E-state index in [1.54, 1.807) is 39.2 Å². The van der Waals surface area contributed by atoms with Gasteiger partial charge in [0.1, 0.15) is 18.0 Å². The van der Waals surface area contributed by atoms with Gasteiger partial charge in [-0.2, -0.15) is 4.68 Å². The second-order valence-corrected chi connectivity index (χ2v) is 5.91. The number of nitrogens with zero attached hydrogens (tertiary/aromatic N) is 3. The Bertz CT molecular complexity index is 836. The fourth-order valence-corrected chi connectivity index (χ4v) is 2.66. The van der Waals surface area contributed by atoms with Crippen molar-refractivity contribution in [2.75, 3.05) is 14.2 Å². The Balaban J connectivity index is 2.16. The van der Waals surface area contributed by atoms with Gasteiger partial charge in [-0.25, -0.2) is 0 Å². The summed E-state index contributed by atoms with van der Waals surface area (Å²) in [6.45, 7) is 3.15. The van der Waals surface area contributed by atoms with E-state index >= 15 is 0 Å². The quantitative estimate of drug-likeness (QED) is 0.582. The Kier molecular flexibility index (Phi) is 6.04. The van der Waals surface area contributed by atoms with Crippen LogP contribution in [0.15, 0.2) is 18.2 Å². The third kappa shape index (κ3) is 4.05. The average molecular weight is 383 g/mol. The van der Waals surface area contributed by atoms with Crippen molar-refractivity contribution in [1.82, 2.24) is 15.1 Å². The largest absolute Gasteiger partial charge is 0.497 e. The van der Waals surface area contributed by atoms with E-state index in [2.05, 4.69) is 10.4 Å². The number of hydrogen-bond acceptors (Lipinski definition) is 6. The number of amides is 1.